The van der Waals surface area contributed by atoms with E-state index in [4.69, 9.17) is 4.74 Å². The van der Waals surface area contributed by atoms with Crippen molar-refractivity contribution in [3.8, 4) is 0 Å². The summed E-state index contributed by atoms with van der Waals surface area (Å²) >= 11 is 0. The quantitative estimate of drug-likeness (QED) is 0.865. The first-order chi connectivity index (χ1) is 12.8. The molecule has 1 aliphatic heterocycles. The number of H-pyrrole nitrogens is 1. The minimum Gasteiger partial charge on any atom is -0.444 e. The molecule has 0 bridgehead atoms. The van der Waals surface area contributed by atoms with Gasteiger partial charge in [-0.1, -0.05) is 25.1 Å². The molecule has 3 rings (SSSR count). The van der Waals surface area contributed by atoms with E-state index in [-0.39, 0.29) is 12.0 Å². The van der Waals surface area contributed by atoms with Gasteiger partial charge in [0.05, 0.1) is 6.54 Å². The lowest BCUT2D eigenvalue weighted by atomic mass is 10.0. The Balaban J connectivity index is 1.77. The highest BCUT2D eigenvalue weighted by molar-refractivity contribution is 6.04. The molecule has 0 saturated heterocycles. The molecule has 1 aromatic carbocycles. The number of amides is 2. The number of carbonyl (C=O) groups is 2. The van der Waals surface area contributed by atoms with Gasteiger partial charge in [0, 0.05) is 29.9 Å². The number of aromatic amines is 1. The van der Waals surface area contributed by atoms with Crippen LogP contribution in [0.1, 0.15) is 55.0 Å². The topological polar surface area (TPSA) is 87.3 Å². The number of aromatic nitrogens is 2. The molecule has 2 heterocycles. The van der Waals surface area contributed by atoms with Crippen LogP contribution in [0.4, 0.5) is 10.5 Å². The number of anilines is 1. The van der Waals surface area contributed by atoms with E-state index in [1.165, 1.54) is 0 Å². The number of rotatable bonds is 3. The Labute approximate surface area is 159 Å². The van der Waals surface area contributed by atoms with Crippen molar-refractivity contribution in [2.45, 2.75) is 52.7 Å². The fourth-order valence-electron chi connectivity index (χ4n) is 3.10. The molecule has 0 saturated carbocycles. The molecule has 2 aromatic rings. The van der Waals surface area contributed by atoms with Crippen molar-refractivity contribution in [2.75, 3.05) is 11.9 Å². The zero-order valence-electron chi connectivity index (χ0n) is 16.3. The first kappa shape index (κ1) is 18.9. The van der Waals surface area contributed by atoms with Crippen LogP contribution in [0, 0.1) is 0 Å². The molecule has 0 radical (unpaired) electrons. The third-order valence-electron chi connectivity index (χ3n) is 4.45. The maximum Gasteiger partial charge on any atom is 0.410 e. The van der Waals surface area contributed by atoms with Crippen molar-refractivity contribution in [1.29, 1.82) is 0 Å². The highest BCUT2D eigenvalue weighted by Gasteiger charge is 2.30. The number of nitrogens with zero attached hydrogens (tertiary/aromatic N) is 2. The summed E-state index contributed by atoms with van der Waals surface area (Å²) in [7, 11) is 0. The molecule has 7 nitrogen and oxygen atoms in total. The number of hydrogen-bond acceptors (Lipinski definition) is 4. The monoisotopic (exact) mass is 370 g/mol. The molecule has 2 amide bonds. The van der Waals surface area contributed by atoms with Crippen molar-refractivity contribution < 1.29 is 14.3 Å². The largest absolute Gasteiger partial charge is 0.444 e. The second-order valence-corrected chi connectivity index (χ2v) is 7.65. The van der Waals surface area contributed by atoms with E-state index >= 15 is 0 Å². The summed E-state index contributed by atoms with van der Waals surface area (Å²) in [6.45, 7) is 8.38. The van der Waals surface area contributed by atoms with Gasteiger partial charge in [-0.15, -0.1) is 0 Å². The van der Waals surface area contributed by atoms with Crippen LogP contribution in [0.5, 0.6) is 0 Å². The van der Waals surface area contributed by atoms with Crippen molar-refractivity contribution >= 4 is 17.7 Å². The van der Waals surface area contributed by atoms with Crippen LogP contribution < -0.4 is 5.32 Å². The van der Waals surface area contributed by atoms with Crippen LogP contribution in [0.25, 0.3) is 0 Å². The number of ether oxygens (including phenoxy) is 1. The van der Waals surface area contributed by atoms with Crippen LogP contribution in [0.2, 0.25) is 0 Å². The summed E-state index contributed by atoms with van der Waals surface area (Å²) < 4.78 is 5.45. The van der Waals surface area contributed by atoms with Gasteiger partial charge in [0.25, 0.3) is 5.91 Å². The normalized spacial score (nSPS) is 13.9. The minimum absolute atomic E-state index is 0.278. The molecule has 0 unspecified atom stereocenters. The lowest BCUT2D eigenvalue weighted by Gasteiger charge is -2.30. The molecular formula is C20H26N4O3. The highest BCUT2D eigenvalue weighted by atomic mass is 16.6. The summed E-state index contributed by atoms with van der Waals surface area (Å²) in [6.07, 6.45) is 1.05. The van der Waals surface area contributed by atoms with E-state index in [1.54, 1.807) is 4.90 Å². The van der Waals surface area contributed by atoms with E-state index in [0.717, 1.165) is 28.9 Å². The number of para-hydroxylation sites is 1. The minimum atomic E-state index is -0.558. The Morgan fingerprint density at radius 2 is 2.04 bits per heavy atom. The van der Waals surface area contributed by atoms with Crippen molar-refractivity contribution in [3.05, 3.63) is 46.8 Å². The van der Waals surface area contributed by atoms with E-state index in [2.05, 4.69) is 15.5 Å². The van der Waals surface area contributed by atoms with Gasteiger partial charge in [0.2, 0.25) is 0 Å². The predicted octanol–water partition coefficient (Wildman–Crippen LogP) is 3.52. The summed E-state index contributed by atoms with van der Waals surface area (Å²) in [4.78, 5) is 26.8. The lowest BCUT2D eigenvalue weighted by molar-refractivity contribution is 0.0222. The third kappa shape index (κ3) is 4.30. The van der Waals surface area contributed by atoms with Crippen LogP contribution in [-0.4, -0.2) is 39.2 Å². The van der Waals surface area contributed by atoms with E-state index in [0.29, 0.717) is 25.2 Å². The molecule has 0 aliphatic carbocycles. The van der Waals surface area contributed by atoms with Gasteiger partial charge < -0.3 is 15.0 Å². The average Bonchev–Trinajstić information content (AvgIpc) is 3.04. The van der Waals surface area contributed by atoms with Gasteiger partial charge in [-0.2, -0.15) is 5.10 Å². The Bertz CT molecular complexity index is 851. The van der Waals surface area contributed by atoms with Crippen LogP contribution in [0.15, 0.2) is 24.3 Å². The number of benzene rings is 1. The fourth-order valence-corrected chi connectivity index (χ4v) is 3.10. The lowest BCUT2D eigenvalue weighted by Crippen LogP contribution is -2.40. The Morgan fingerprint density at radius 3 is 2.74 bits per heavy atom. The molecule has 0 fully saturated rings. The standard InChI is InChI=1S/C20H26N4O3/c1-5-13-8-6-7-9-15(13)21-18(25)17-14-12-24(11-10-16(14)22-23-17)19(26)27-20(2,3)4/h6-9H,5,10-12H2,1-4H3,(H,21,25)(H,22,23). The maximum absolute atomic E-state index is 12.8. The second-order valence-electron chi connectivity index (χ2n) is 7.65. The SMILES string of the molecule is CCc1ccccc1NC(=O)c1n[nH]c2c1CN(C(=O)OC(C)(C)C)CC2. The van der Waals surface area contributed by atoms with Crippen LogP contribution >= 0.6 is 0 Å². The van der Waals surface area contributed by atoms with Crippen molar-refractivity contribution in [2.24, 2.45) is 0 Å². The van der Waals surface area contributed by atoms with E-state index in [1.807, 2.05) is 52.0 Å². The summed E-state index contributed by atoms with van der Waals surface area (Å²) in [6, 6.07) is 7.70. The number of carbonyl (C=O) groups excluding carboxylic acids is 2. The van der Waals surface area contributed by atoms with E-state index < -0.39 is 5.60 Å². The maximum atomic E-state index is 12.8. The Kier molecular flexibility index (Phi) is 5.21. The Hall–Kier alpha value is -2.83. The fraction of sp³-hybridized carbons (Fsp3) is 0.450. The highest BCUT2D eigenvalue weighted by Crippen LogP contribution is 2.24. The molecule has 0 atom stereocenters. The molecule has 2 N–H and O–H groups in total. The molecule has 0 spiro atoms. The smallest absolute Gasteiger partial charge is 0.410 e. The summed E-state index contributed by atoms with van der Waals surface area (Å²) in [5.74, 6) is -0.278. The second kappa shape index (κ2) is 7.42. The van der Waals surface area contributed by atoms with E-state index in [9.17, 15) is 9.59 Å². The van der Waals surface area contributed by atoms with Gasteiger partial charge in [0.15, 0.2) is 5.69 Å². The zero-order valence-corrected chi connectivity index (χ0v) is 16.3. The molecule has 27 heavy (non-hydrogen) atoms. The third-order valence-corrected chi connectivity index (χ3v) is 4.45. The molecule has 144 valence electrons. The molecule has 1 aromatic heterocycles. The summed E-state index contributed by atoms with van der Waals surface area (Å²) in [5.41, 5.74) is 3.25. The van der Waals surface area contributed by atoms with Crippen LogP contribution in [-0.2, 0) is 24.1 Å². The first-order valence-electron chi connectivity index (χ1n) is 9.21. The van der Waals surface area contributed by atoms with Crippen molar-refractivity contribution in [3.63, 3.8) is 0 Å². The van der Waals surface area contributed by atoms with Gasteiger partial charge in [-0.25, -0.2) is 4.79 Å². The number of nitrogens with one attached hydrogen (secondary N) is 2. The van der Waals surface area contributed by atoms with Gasteiger partial charge in [0.1, 0.15) is 5.60 Å². The molecule has 7 heteroatoms. The predicted molar refractivity (Wildman–Crippen MR) is 103 cm³/mol. The zero-order chi connectivity index (χ0) is 19.6. The van der Waals surface area contributed by atoms with Crippen molar-refractivity contribution in [1.82, 2.24) is 15.1 Å². The van der Waals surface area contributed by atoms with Gasteiger partial charge >= 0.3 is 6.09 Å². The van der Waals surface area contributed by atoms with Crippen LogP contribution in [0.3, 0.4) is 0 Å². The molecular weight excluding hydrogens is 344 g/mol. The average molecular weight is 370 g/mol. The molecule has 1 aliphatic rings. The number of fused-ring (bicyclic) bond motifs is 1. The number of aryl methyl sites for hydroxylation is 1. The first-order valence-corrected chi connectivity index (χ1v) is 9.21. The van der Waals surface area contributed by atoms with Gasteiger partial charge in [-0.3, -0.25) is 9.89 Å². The summed E-state index contributed by atoms with van der Waals surface area (Å²) in [5, 5.41) is 10.1. The van der Waals surface area contributed by atoms with Gasteiger partial charge in [-0.05, 0) is 38.8 Å². The Morgan fingerprint density at radius 1 is 1.30 bits per heavy atom. The number of hydrogen-bond donors (Lipinski definition) is 2.